The summed E-state index contributed by atoms with van der Waals surface area (Å²) >= 11 is 0. The van der Waals surface area contributed by atoms with Crippen LogP contribution in [0.2, 0.25) is 19.6 Å². The van der Waals surface area contributed by atoms with E-state index in [0.29, 0.717) is 0 Å². The van der Waals surface area contributed by atoms with E-state index in [1.54, 1.807) is 6.08 Å². The summed E-state index contributed by atoms with van der Waals surface area (Å²) in [4.78, 5) is 0. The summed E-state index contributed by atoms with van der Waals surface area (Å²) in [5.74, 6) is 0. The largest absolute Gasteiger partial charge is 0.389 e. The lowest BCUT2D eigenvalue weighted by molar-refractivity contribution is 0.225. The third kappa shape index (κ3) is 3.88. The van der Waals surface area contributed by atoms with Gasteiger partial charge in [0.2, 0.25) is 0 Å². The molecule has 0 spiro atoms. The SMILES string of the molecule is C=CC(O)C/C(=C\C)[Si](C)(C)C. The lowest BCUT2D eigenvalue weighted by Crippen LogP contribution is -2.26. The zero-order valence-electron chi connectivity index (χ0n) is 8.59. The fourth-order valence-corrected chi connectivity index (χ4v) is 2.85. The Morgan fingerprint density at radius 3 is 2.25 bits per heavy atom. The van der Waals surface area contributed by atoms with Gasteiger partial charge in [-0.3, -0.25) is 0 Å². The van der Waals surface area contributed by atoms with E-state index in [1.165, 1.54) is 5.20 Å². The number of allylic oxidation sites excluding steroid dienone is 1. The molecule has 0 amide bonds. The molecule has 1 N–H and O–H groups in total. The lowest BCUT2D eigenvalue weighted by atomic mass is 10.2. The highest BCUT2D eigenvalue weighted by atomic mass is 28.3. The standard InChI is InChI=1S/C10H20OSi/c1-6-9(11)8-10(7-2)12(3,4)5/h6-7,9,11H,1,8H2,2-5H3/b10-7+. The highest BCUT2D eigenvalue weighted by Crippen LogP contribution is 2.19. The van der Waals surface area contributed by atoms with Crippen LogP contribution < -0.4 is 0 Å². The van der Waals surface area contributed by atoms with Crippen LogP contribution in [0.3, 0.4) is 0 Å². The van der Waals surface area contributed by atoms with Gasteiger partial charge in [0.15, 0.2) is 0 Å². The monoisotopic (exact) mass is 184 g/mol. The Morgan fingerprint density at radius 2 is 2.00 bits per heavy atom. The van der Waals surface area contributed by atoms with Crippen LogP contribution in [0.1, 0.15) is 13.3 Å². The molecule has 2 heteroatoms. The summed E-state index contributed by atoms with van der Waals surface area (Å²) < 4.78 is 0. The first-order valence-electron chi connectivity index (χ1n) is 4.38. The second-order valence-corrected chi connectivity index (χ2v) is 9.21. The van der Waals surface area contributed by atoms with Crippen molar-refractivity contribution < 1.29 is 5.11 Å². The number of hydrogen-bond donors (Lipinski definition) is 1. The quantitative estimate of drug-likeness (QED) is 0.526. The molecular formula is C10H20OSi. The fourth-order valence-electron chi connectivity index (χ4n) is 1.17. The minimum Gasteiger partial charge on any atom is -0.389 e. The lowest BCUT2D eigenvalue weighted by Gasteiger charge is -2.22. The molecule has 0 aliphatic carbocycles. The summed E-state index contributed by atoms with van der Waals surface area (Å²) in [7, 11) is -1.21. The van der Waals surface area contributed by atoms with Crippen molar-refractivity contribution in [2.75, 3.05) is 0 Å². The Balaban J connectivity index is 4.31. The van der Waals surface area contributed by atoms with Gasteiger partial charge in [-0.1, -0.05) is 37.0 Å². The molecule has 0 fully saturated rings. The van der Waals surface area contributed by atoms with Crippen molar-refractivity contribution >= 4 is 8.07 Å². The molecule has 0 bridgehead atoms. The molecule has 70 valence electrons. The third-order valence-corrected chi connectivity index (χ3v) is 4.43. The van der Waals surface area contributed by atoms with Crippen molar-refractivity contribution in [2.45, 2.75) is 39.1 Å². The zero-order chi connectivity index (χ0) is 9.78. The maximum atomic E-state index is 9.39. The maximum Gasteiger partial charge on any atom is 0.0751 e. The van der Waals surface area contributed by atoms with Crippen molar-refractivity contribution in [1.29, 1.82) is 0 Å². The van der Waals surface area contributed by atoms with Crippen molar-refractivity contribution in [2.24, 2.45) is 0 Å². The molecule has 0 saturated carbocycles. The molecule has 0 heterocycles. The summed E-state index contributed by atoms with van der Waals surface area (Å²) in [6, 6.07) is 0. The smallest absolute Gasteiger partial charge is 0.0751 e. The molecule has 0 rings (SSSR count). The normalized spacial score (nSPS) is 15.9. The van der Waals surface area contributed by atoms with Crippen LogP contribution >= 0.6 is 0 Å². The summed E-state index contributed by atoms with van der Waals surface area (Å²) in [5, 5.41) is 10.8. The first-order chi connectivity index (χ1) is 5.41. The van der Waals surface area contributed by atoms with E-state index in [-0.39, 0.29) is 6.10 Å². The molecule has 0 saturated heterocycles. The van der Waals surface area contributed by atoms with Crippen molar-refractivity contribution in [3.8, 4) is 0 Å². The molecule has 12 heavy (non-hydrogen) atoms. The van der Waals surface area contributed by atoms with E-state index >= 15 is 0 Å². The van der Waals surface area contributed by atoms with E-state index < -0.39 is 8.07 Å². The number of aliphatic hydroxyl groups is 1. The Kier molecular flexibility index (Phi) is 4.49. The molecule has 0 aliphatic heterocycles. The van der Waals surface area contributed by atoms with E-state index in [4.69, 9.17) is 0 Å². The molecule has 0 radical (unpaired) electrons. The number of aliphatic hydroxyl groups excluding tert-OH is 1. The molecule has 1 nitrogen and oxygen atoms in total. The second kappa shape index (κ2) is 4.63. The summed E-state index contributed by atoms with van der Waals surface area (Å²) in [6.07, 6.45) is 4.13. The van der Waals surface area contributed by atoms with Gasteiger partial charge >= 0.3 is 0 Å². The Labute approximate surface area is 76.8 Å². The fraction of sp³-hybridized carbons (Fsp3) is 0.600. The summed E-state index contributed by atoms with van der Waals surface area (Å²) in [5.41, 5.74) is 0. The zero-order valence-corrected chi connectivity index (χ0v) is 9.59. The van der Waals surface area contributed by atoms with Crippen LogP contribution in [0, 0.1) is 0 Å². The van der Waals surface area contributed by atoms with Gasteiger partial charge in [-0.2, -0.15) is 0 Å². The van der Waals surface area contributed by atoms with Gasteiger partial charge < -0.3 is 5.11 Å². The topological polar surface area (TPSA) is 20.2 Å². The van der Waals surface area contributed by atoms with Crippen LogP contribution in [-0.4, -0.2) is 19.3 Å². The van der Waals surface area contributed by atoms with Crippen LogP contribution in [-0.2, 0) is 0 Å². The van der Waals surface area contributed by atoms with E-state index in [1.807, 2.05) is 6.92 Å². The van der Waals surface area contributed by atoms with Gasteiger partial charge in [0.25, 0.3) is 0 Å². The molecule has 1 unspecified atom stereocenters. The minimum atomic E-state index is -1.21. The van der Waals surface area contributed by atoms with Crippen molar-refractivity contribution in [3.05, 3.63) is 23.9 Å². The first-order valence-corrected chi connectivity index (χ1v) is 7.88. The Bertz CT molecular complexity index is 177. The van der Waals surface area contributed by atoms with Crippen molar-refractivity contribution in [1.82, 2.24) is 0 Å². The number of hydrogen-bond acceptors (Lipinski definition) is 1. The molecular weight excluding hydrogens is 164 g/mol. The van der Waals surface area contributed by atoms with E-state index in [2.05, 4.69) is 32.3 Å². The highest BCUT2D eigenvalue weighted by Gasteiger charge is 2.19. The summed E-state index contributed by atoms with van der Waals surface area (Å²) in [6.45, 7) is 12.5. The maximum absolute atomic E-state index is 9.39. The van der Waals surface area contributed by atoms with Gasteiger partial charge in [0, 0.05) is 0 Å². The Hall–Kier alpha value is -0.343. The predicted octanol–water partition coefficient (Wildman–Crippen LogP) is 2.75. The molecule has 0 aromatic carbocycles. The van der Waals surface area contributed by atoms with Crippen LogP contribution in [0.25, 0.3) is 0 Å². The van der Waals surface area contributed by atoms with Gasteiger partial charge in [-0.25, -0.2) is 0 Å². The first kappa shape index (κ1) is 11.7. The average molecular weight is 184 g/mol. The van der Waals surface area contributed by atoms with Crippen LogP contribution in [0.4, 0.5) is 0 Å². The van der Waals surface area contributed by atoms with Gasteiger partial charge in [-0.15, -0.1) is 6.58 Å². The van der Waals surface area contributed by atoms with Crippen LogP contribution in [0.5, 0.6) is 0 Å². The highest BCUT2D eigenvalue weighted by molar-refractivity contribution is 6.83. The molecule has 0 aromatic heterocycles. The molecule has 1 atom stereocenters. The van der Waals surface area contributed by atoms with Gasteiger partial charge in [0.1, 0.15) is 0 Å². The second-order valence-electron chi connectivity index (χ2n) is 4.07. The van der Waals surface area contributed by atoms with E-state index in [9.17, 15) is 5.11 Å². The van der Waals surface area contributed by atoms with E-state index in [0.717, 1.165) is 6.42 Å². The number of rotatable bonds is 4. The minimum absolute atomic E-state index is 0.372. The average Bonchev–Trinajstić information content (AvgIpc) is 1.97. The van der Waals surface area contributed by atoms with Gasteiger partial charge in [-0.05, 0) is 13.3 Å². The molecule has 0 aliphatic rings. The predicted molar refractivity (Wildman–Crippen MR) is 57.9 cm³/mol. The molecule has 0 aromatic rings. The third-order valence-electron chi connectivity index (χ3n) is 2.01. The van der Waals surface area contributed by atoms with Gasteiger partial charge in [0.05, 0.1) is 14.2 Å². The Morgan fingerprint density at radius 1 is 1.50 bits per heavy atom. The van der Waals surface area contributed by atoms with Crippen LogP contribution in [0.15, 0.2) is 23.9 Å². The van der Waals surface area contributed by atoms with Crippen molar-refractivity contribution in [3.63, 3.8) is 0 Å².